The van der Waals surface area contributed by atoms with Crippen LogP contribution in [0.4, 0.5) is 0 Å². The van der Waals surface area contributed by atoms with Crippen molar-refractivity contribution in [3.05, 3.63) is 48.6 Å². The zero-order valence-electron chi connectivity index (χ0n) is 13.6. The van der Waals surface area contributed by atoms with Gasteiger partial charge in [-0.1, -0.05) is 24.8 Å². The molecule has 0 amide bonds. The smallest absolute Gasteiger partial charge is 0.185 e. The quantitative estimate of drug-likeness (QED) is 0.742. The zero-order chi connectivity index (χ0) is 17.2. The molecule has 1 saturated heterocycles. The molecule has 4 nitrogen and oxygen atoms in total. The molecule has 3 rings (SSSR count). The molecule has 2 fully saturated rings. The average molecular weight is 346 g/mol. The molecule has 0 unspecified atom stereocenters. The fourth-order valence-electron chi connectivity index (χ4n) is 2.94. The number of benzene rings is 1. The van der Waals surface area contributed by atoms with Crippen molar-refractivity contribution in [3.8, 4) is 0 Å². The number of rotatable bonds is 6. The van der Waals surface area contributed by atoms with Crippen molar-refractivity contribution < 1.29 is 17.9 Å². The minimum atomic E-state index is -3.20. The van der Waals surface area contributed by atoms with Crippen molar-refractivity contribution in [1.29, 1.82) is 0 Å². The summed E-state index contributed by atoms with van der Waals surface area (Å²) in [4.78, 5) is 12.6. The number of allylic oxidation sites excluding steroid dienone is 3. The van der Waals surface area contributed by atoms with Gasteiger partial charge in [0.25, 0.3) is 0 Å². The highest BCUT2D eigenvalue weighted by Crippen LogP contribution is 2.34. The van der Waals surface area contributed by atoms with Gasteiger partial charge in [-0.15, -0.1) is 0 Å². The van der Waals surface area contributed by atoms with Crippen molar-refractivity contribution in [3.63, 3.8) is 0 Å². The van der Waals surface area contributed by atoms with Crippen molar-refractivity contribution in [2.24, 2.45) is 5.92 Å². The van der Waals surface area contributed by atoms with Crippen LogP contribution in [0.15, 0.2) is 47.9 Å². The second kappa shape index (κ2) is 7.03. The minimum Gasteiger partial charge on any atom is -0.381 e. The Morgan fingerprint density at radius 3 is 2.25 bits per heavy atom. The number of ether oxygens (including phenoxy) is 1. The van der Waals surface area contributed by atoms with E-state index in [-0.39, 0.29) is 11.0 Å². The lowest BCUT2D eigenvalue weighted by molar-refractivity contribution is -0.109. The molecule has 1 heterocycles. The lowest BCUT2D eigenvalue weighted by Crippen LogP contribution is -2.15. The summed E-state index contributed by atoms with van der Waals surface area (Å²) in [6, 6.07) is 6.66. The summed E-state index contributed by atoms with van der Waals surface area (Å²) in [7, 11) is -3.20. The van der Waals surface area contributed by atoms with Gasteiger partial charge in [0, 0.05) is 18.8 Å². The first-order chi connectivity index (χ1) is 11.5. The molecule has 2 aliphatic rings. The van der Waals surface area contributed by atoms with E-state index in [1.807, 2.05) is 6.08 Å². The first kappa shape index (κ1) is 17.1. The van der Waals surface area contributed by atoms with Crippen LogP contribution in [0.25, 0.3) is 5.57 Å². The summed E-state index contributed by atoms with van der Waals surface area (Å²) in [5.74, 6) is 0.159. The van der Waals surface area contributed by atoms with Crippen molar-refractivity contribution >= 4 is 21.2 Å². The molecule has 24 heavy (non-hydrogen) atoms. The van der Waals surface area contributed by atoms with Gasteiger partial charge in [-0.05, 0) is 55.4 Å². The van der Waals surface area contributed by atoms with Gasteiger partial charge in [0.2, 0.25) is 0 Å². The number of sulfone groups is 1. The third kappa shape index (κ3) is 3.68. The van der Waals surface area contributed by atoms with Crippen molar-refractivity contribution in [1.82, 2.24) is 0 Å². The van der Waals surface area contributed by atoms with Gasteiger partial charge in [0.05, 0.1) is 10.1 Å². The Bertz CT molecular complexity index is 749. The van der Waals surface area contributed by atoms with Gasteiger partial charge in [-0.2, -0.15) is 0 Å². The second-order valence-electron chi connectivity index (χ2n) is 6.37. The monoisotopic (exact) mass is 346 g/mol. The van der Waals surface area contributed by atoms with Crippen LogP contribution >= 0.6 is 0 Å². The summed E-state index contributed by atoms with van der Waals surface area (Å²) in [6.07, 6.45) is 6.56. The predicted molar refractivity (Wildman–Crippen MR) is 93.4 cm³/mol. The Morgan fingerprint density at radius 1 is 1.08 bits per heavy atom. The van der Waals surface area contributed by atoms with E-state index in [0.717, 1.165) is 31.2 Å². The molecule has 0 bridgehead atoms. The van der Waals surface area contributed by atoms with E-state index in [0.29, 0.717) is 29.6 Å². The average Bonchev–Trinajstić information content (AvgIpc) is 3.46. The SMILES string of the molecule is C=CC(=O)C(=CC1CCOCC1)c1ccc(S(=O)(=O)C2CC2)cc1. The maximum atomic E-state index is 12.3. The summed E-state index contributed by atoms with van der Waals surface area (Å²) in [6.45, 7) is 4.98. The van der Waals surface area contributed by atoms with E-state index >= 15 is 0 Å². The molecule has 0 spiro atoms. The van der Waals surface area contributed by atoms with E-state index in [2.05, 4.69) is 6.58 Å². The Kier molecular flexibility index (Phi) is 5.01. The first-order valence-corrected chi connectivity index (χ1v) is 9.87. The van der Waals surface area contributed by atoms with Crippen molar-refractivity contribution in [2.75, 3.05) is 13.2 Å². The van der Waals surface area contributed by atoms with Gasteiger partial charge >= 0.3 is 0 Å². The van der Waals surface area contributed by atoms with Crippen LogP contribution in [0.2, 0.25) is 0 Å². The predicted octanol–water partition coefficient (Wildman–Crippen LogP) is 3.19. The Labute approximate surface area is 143 Å². The lowest BCUT2D eigenvalue weighted by Gasteiger charge is -2.20. The number of hydrogen-bond donors (Lipinski definition) is 0. The summed E-state index contributed by atoms with van der Waals surface area (Å²) in [5.41, 5.74) is 1.33. The van der Waals surface area contributed by atoms with Gasteiger partial charge in [-0.25, -0.2) is 8.42 Å². The molecule has 1 aromatic rings. The third-order valence-corrected chi connectivity index (χ3v) is 6.85. The van der Waals surface area contributed by atoms with E-state index in [4.69, 9.17) is 4.74 Å². The Balaban J connectivity index is 1.88. The number of carbonyl (C=O) groups excluding carboxylic acids is 1. The van der Waals surface area contributed by atoms with Crippen LogP contribution in [0.1, 0.15) is 31.2 Å². The third-order valence-electron chi connectivity index (χ3n) is 4.58. The molecular formula is C19H22O4S. The number of ketones is 1. The Morgan fingerprint density at radius 2 is 1.71 bits per heavy atom. The number of carbonyl (C=O) groups is 1. The highest BCUT2D eigenvalue weighted by atomic mass is 32.2. The molecular weight excluding hydrogens is 324 g/mol. The highest BCUT2D eigenvalue weighted by molar-refractivity contribution is 7.92. The minimum absolute atomic E-state index is 0.140. The van der Waals surface area contributed by atoms with Crippen LogP contribution in [-0.4, -0.2) is 32.7 Å². The molecule has 0 aromatic heterocycles. The van der Waals surface area contributed by atoms with Crippen LogP contribution in [-0.2, 0) is 19.4 Å². The van der Waals surface area contributed by atoms with Crippen LogP contribution < -0.4 is 0 Å². The fraction of sp³-hybridized carbons (Fsp3) is 0.421. The van der Waals surface area contributed by atoms with E-state index in [1.54, 1.807) is 24.3 Å². The Hall–Kier alpha value is -1.72. The molecule has 128 valence electrons. The molecule has 1 saturated carbocycles. The molecule has 0 N–H and O–H groups in total. The molecule has 5 heteroatoms. The summed E-state index contributed by atoms with van der Waals surface area (Å²) < 4.78 is 29.9. The van der Waals surface area contributed by atoms with Gasteiger partial charge < -0.3 is 4.74 Å². The maximum absolute atomic E-state index is 12.3. The van der Waals surface area contributed by atoms with Gasteiger partial charge in [0.1, 0.15) is 0 Å². The van der Waals surface area contributed by atoms with Crippen LogP contribution in [0, 0.1) is 5.92 Å². The van der Waals surface area contributed by atoms with E-state index in [1.165, 1.54) is 6.08 Å². The summed E-state index contributed by atoms with van der Waals surface area (Å²) in [5, 5.41) is -0.226. The zero-order valence-corrected chi connectivity index (χ0v) is 14.4. The van der Waals surface area contributed by atoms with E-state index in [9.17, 15) is 13.2 Å². The summed E-state index contributed by atoms with van der Waals surface area (Å²) >= 11 is 0. The molecule has 1 aromatic carbocycles. The second-order valence-corrected chi connectivity index (χ2v) is 8.60. The van der Waals surface area contributed by atoms with Crippen molar-refractivity contribution in [2.45, 2.75) is 35.8 Å². The largest absolute Gasteiger partial charge is 0.381 e. The topological polar surface area (TPSA) is 60.4 Å². The van der Waals surface area contributed by atoms with Crippen LogP contribution in [0.3, 0.4) is 0 Å². The molecule has 1 aliphatic heterocycles. The molecule has 1 aliphatic carbocycles. The van der Waals surface area contributed by atoms with Gasteiger partial charge in [0.15, 0.2) is 15.6 Å². The normalized spacial score (nSPS) is 19.9. The highest BCUT2D eigenvalue weighted by Gasteiger charge is 2.36. The fourth-order valence-corrected chi connectivity index (χ4v) is 4.60. The lowest BCUT2D eigenvalue weighted by atomic mass is 9.92. The number of hydrogen-bond acceptors (Lipinski definition) is 4. The first-order valence-electron chi connectivity index (χ1n) is 8.33. The maximum Gasteiger partial charge on any atom is 0.185 e. The standard InChI is InChI=1S/C19H22O4S/c1-2-19(20)18(13-14-9-11-23-12-10-14)15-3-5-16(6-4-15)24(21,22)17-7-8-17/h2-6,13-14,17H,1,7-12H2. The van der Waals surface area contributed by atoms with Crippen LogP contribution in [0.5, 0.6) is 0 Å². The van der Waals surface area contributed by atoms with E-state index < -0.39 is 9.84 Å². The molecule has 0 radical (unpaired) electrons. The van der Waals surface area contributed by atoms with Gasteiger partial charge in [-0.3, -0.25) is 4.79 Å². The molecule has 0 atom stereocenters.